The van der Waals surface area contributed by atoms with Crippen molar-refractivity contribution >= 4 is 11.8 Å². The molecule has 0 aromatic rings. The summed E-state index contributed by atoms with van der Waals surface area (Å²) in [6.07, 6.45) is -0.0743. The molecule has 0 aliphatic rings. The van der Waals surface area contributed by atoms with Gasteiger partial charge in [-0.15, -0.1) is 0 Å². The molecule has 0 spiro atoms. The standard InChI is InChI=1S/C11H23N3O3/c1-11(2,10(16)13-3)7-14-9(15)5-8(6-12)17-4/h8H,5-7,12H2,1-4H3,(H,13,16)(H,14,15). The highest BCUT2D eigenvalue weighted by atomic mass is 16.5. The molecule has 0 aromatic heterocycles. The van der Waals surface area contributed by atoms with Crippen LogP contribution >= 0.6 is 0 Å². The second-order valence-corrected chi connectivity index (χ2v) is 4.54. The number of nitrogens with one attached hydrogen (secondary N) is 2. The summed E-state index contributed by atoms with van der Waals surface area (Å²) < 4.78 is 5.01. The second-order valence-electron chi connectivity index (χ2n) is 4.54. The number of carbonyl (C=O) groups is 2. The van der Waals surface area contributed by atoms with Gasteiger partial charge in [0, 0.05) is 27.2 Å². The highest BCUT2D eigenvalue weighted by Crippen LogP contribution is 2.13. The number of methoxy groups -OCH3 is 1. The molecule has 0 saturated heterocycles. The van der Waals surface area contributed by atoms with Crippen LogP contribution in [0.4, 0.5) is 0 Å². The summed E-state index contributed by atoms with van der Waals surface area (Å²) in [5, 5.41) is 5.26. The number of hydrogen-bond acceptors (Lipinski definition) is 4. The number of nitrogens with two attached hydrogens (primary N) is 1. The van der Waals surface area contributed by atoms with Gasteiger partial charge in [-0.05, 0) is 13.8 Å². The van der Waals surface area contributed by atoms with Crippen LogP contribution in [-0.4, -0.2) is 45.2 Å². The number of amides is 2. The molecule has 0 bridgehead atoms. The molecule has 0 heterocycles. The normalized spacial score (nSPS) is 13.0. The Hall–Kier alpha value is -1.14. The fraction of sp³-hybridized carbons (Fsp3) is 0.818. The van der Waals surface area contributed by atoms with E-state index in [9.17, 15) is 9.59 Å². The van der Waals surface area contributed by atoms with E-state index in [1.54, 1.807) is 20.9 Å². The summed E-state index contributed by atoms with van der Waals surface area (Å²) >= 11 is 0. The Bertz CT molecular complexity index is 263. The second kappa shape index (κ2) is 7.24. The van der Waals surface area contributed by atoms with Crippen molar-refractivity contribution in [3.8, 4) is 0 Å². The van der Waals surface area contributed by atoms with Crippen LogP contribution in [0.5, 0.6) is 0 Å². The first kappa shape index (κ1) is 15.9. The first-order chi connectivity index (χ1) is 7.87. The van der Waals surface area contributed by atoms with Gasteiger partial charge in [0.1, 0.15) is 0 Å². The SMILES string of the molecule is CNC(=O)C(C)(C)CNC(=O)CC(CN)OC. The average Bonchev–Trinajstić information content (AvgIpc) is 2.32. The van der Waals surface area contributed by atoms with Crippen LogP contribution in [0.25, 0.3) is 0 Å². The van der Waals surface area contributed by atoms with Crippen molar-refractivity contribution < 1.29 is 14.3 Å². The zero-order valence-electron chi connectivity index (χ0n) is 11.0. The van der Waals surface area contributed by atoms with Crippen LogP contribution in [0.15, 0.2) is 0 Å². The van der Waals surface area contributed by atoms with Crippen LogP contribution in [0.2, 0.25) is 0 Å². The van der Waals surface area contributed by atoms with Gasteiger partial charge in [0.05, 0.1) is 17.9 Å². The quantitative estimate of drug-likeness (QED) is 0.549. The summed E-state index contributed by atoms with van der Waals surface area (Å²) in [5.41, 5.74) is 4.78. The van der Waals surface area contributed by atoms with Crippen LogP contribution in [0.3, 0.4) is 0 Å². The molecule has 100 valence electrons. The van der Waals surface area contributed by atoms with Crippen molar-refractivity contribution in [2.24, 2.45) is 11.1 Å². The minimum absolute atomic E-state index is 0.111. The summed E-state index contributed by atoms with van der Waals surface area (Å²) in [6, 6.07) is 0. The van der Waals surface area contributed by atoms with Gasteiger partial charge in [0.2, 0.25) is 11.8 Å². The maximum Gasteiger partial charge on any atom is 0.227 e. The Morgan fingerprint density at radius 2 is 2.00 bits per heavy atom. The van der Waals surface area contributed by atoms with Crippen molar-refractivity contribution in [2.75, 3.05) is 27.2 Å². The van der Waals surface area contributed by atoms with E-state index in [2.05, 4.69) is 10.6 Å². The summed E-state index contributed by atoms with van der Waals surface area (Å²) in [4.78, 5) is 23.0. The maximum absolute atomic E-state index is 11.6. The van der Waals surface area contributed by atoms with E-state index in [1.807, 2.05) is 0 Å². The molecule has 0 aliphatic carbocycles. The molecule has 0 radical (unpaired) electrons. The molecule has 0 fully saturated rings. The van der Waals surface area contributed by atoms with E-state index in [0.717, 1.165) is 0 Å². The summed E-state index contributed by atoms with van der Waals surface area (Å²) in [7, 11) is 3.08. The largest absolute Gasteiger partial charge is 0.380 e. The number of rotatable bonds is 7. The Morgan fingerprint density at radius 3 is 2.41 bits per heavy atom. The molecule has 4 N–H and O–H groups in total. The monoisotopic (exact) mass is 245 g/mol. The lowest BCUT2D eigenvalue weighted by molar-refractivity contribution is -0.129. The fourth-order valence-electron chi connectivity index (χ4n) is 1.28. The first-order valence-electron chi connectivity index (χ1n) is 5.59. The van der Waals surface area contributed by atoms with Gasteiger partial charge in [-0.2, -0.15) is 0 Å². The summed E-state index contributed by atoms with van der Waals surface area (Å²) in [5.74, 6) is -0.279. The maximum atomic E-state index is 11.6. The third kappa shape index (κ3) is 5.65. The third-order valence-electron chi connectivity index (χ3n) is 2.58. The van der Waals surface area contributed by atoms with E-state index < -0.39 is 5.41 Å². The molecule has 6 nitrogen and oxygen atoms in total. The van der Waals surface area contributed by atoms with Gasteiger partial charge < -0.3 is 21.1 Å². The zero-order valence-corrected chi connectivity index (χ0v) is 11.0. The van der Waals surface area contributed by atoms with Crippen molar-refractivity contribution in [1.29, 1.82) is 0 Å². The van der Waals surface area contributed by atoms with Crippen molar-refractivity contribution in [2.45, 2.75) is 26.4 Å². The molecule has 0 aromatic carbocycles. The number of ether oxygens (including phenoxy) is 1. The molecule has 6 heteroatoms. The van der Waals surface area contributed by atoms with Crippen molar-refractivity contribution in [1.82, 2.24) is 10.6 Å². The molecule has 0 aliphatic heterocycles. The van der Waals surface area contributed by atoms with Crippen molar-refractivity contribution in [3.63, 3.8) is 0 Å². The Kier molecular flexibility index (Phi) is 6.75. The fourth-order valence-corrected chi connectivity index (χ4v) is 1.28. The van der Waals surface area contributed by atoms with Gasteiger partial charge in [-0.1, -0.05) is 0 Å². The minimum atomic E-state index is -0.629. The number of hydrogen-bond donors (Lipinski definition) is 3. The smallest absolute Gasteiger partial charge is 0.227 e. The van der Waals surface area contributed by atoms with E-state index >= 15 is 0 Å². The van der Waals surface area contributed by atoms with Crippen LogP contribution in [0.1, 0.15) is 20.3 Å². The first-order valence-corrected chi connectivity index (χ1v) is 5.59. The Labute approximate surface area is 102 Å². The summed E-state index contributed by atoms with van der Waals surface area (Å²) in [6.45, 7) is 4.11. The van der Waals surface area contributed by atoms with E-state index in [1.165, 1.54) is 7.11 Å². The van der Waals surface area contributed by atoms with Gasteiger partial charge in [-0.25, -0.2) is 0 Å². The molecule has 2 amide bonds. The molecule has 1 atom stereocenters. The molecule has 0 saturated carbocycles. The molecular formula is C11H23N3O3. The van der Waals surface area contributed by atoms with E-state index in [0.29, 0.717) is 6.54 Å². The molecule has 0 rings (SSSR count). The Balaban J connectivity index is 4.11. The highest BCUT2D eigenvalue weighted by Gasteiger charge is 2.27. The van der Waals surface area contributed by atoms with Crippen LogP contribution < -0.4 is 16.4 Å². The molecular weight excluding hydrogens is 222 g/mol. The lowest BCUT2D eigenvalue weighted by Gasteiger charge is -2.23. The van der Waals surface area contributed by atoms with E-state index in [4.69, 9.17) is 10.5 Å². The van der Waals surface area contributed by atoms with Crippen LogP contribution in [0, 0.1) is 5.41 Å². The van der Waals surface area contributed by atoms with Gasteiger partial charge in [0.25, 0.3) is 0 Å². The number of carbonyl (C=O) groups excluding carboxylic acids is 2. The van der Waals surface area contributed by atoms with Crippen molar-refractivity contribution in [3.05, 3.63) is 0 Å². The lowest BCUT2D eigenvalue weighted by atomic mass is 9.92. The Morgan fingerprint density at radius 1 is 1.41 bits per heavy atom. The molecule has 17 heavy (non-hydrogen) atoms. The van der Waals surface area contributed by atoms with Gasteiger partial charge >= 0.3 is 0 Å². The van der Waals surface area contributed by atoms with E-state index in [-0.39, 0.29) is 30.9 Å². The third-order valence-corrected chi connectivity index (χ3v) is 2.58. The highest BCUT2D eigenvalue weighted by molar-refractivity contribution is 5.83. The minimum Gasteiger partial charge on any atom is -0.380 e. The zero-order chi connectivity index (χ0) is 13.5. The van der Waals surface area contributed by atoms with Crippen LogP contribution in [-0.2, 0) is 14.3 Å². The average molecular weight is 245 g/mol. The van der Waals surface area contributed by atoms with Gasteiger partial charge in [0.15, 0.2) is 0 Å². The lowest BCUT2D eigenvalue weighted by Crippen LogP contribution is -2.44. The predicted octanol–water partition coefficient (Wildman–Crippen LogP) is -0.761. The van der Waals surface area contributed by atoms with Gasteiger partial charge in [-0.3, -0.25) is 9.59 Å². The topological polar surface area (TPSA) is 93.5 Å². The predicted molar refractivity (Wildman–Crippen MR) is 65.3 cm³/mol. The molecule has 1 unspecified atom stereocenters.